The first kappa shape index (κ1) is 10.5. The number of likely N-dealkylation sites (N-methyl/N-ethyl adjacent to an activating group) is 1. The average Bonchev–Trinajstić information content (AvgIpc) is 2.86. The van der Waals surface area contributed by atoms with Crippen LogP contribution in [0.1, 0.15) is 19.8 Å². The molecule has 0 spiro atoms. The van der Waals surface area contributed by atoms with Crippen LogP contribution in [0.25, 0.3) is 0 Å². The molecule has 13 heavy (non-hydrogen) atoms. The van der Waals surface area contributed by atoms with Gasteiger partial charge < -0.3 is 15.7 Å². The largest absolute Gasteiger partial charge is 0.480 e. The SMILES string of the molecule is CCN(CC1CC1)CC(N)C(=O)O. The van der Waals surface area contributed by atoms with Gasteiger partial charge in [0, 0.05) is 13.1 Å². The van der Waals surface area contributed by atoms with Crippen LogP contribution in [0.3, 0.4) is 0 Å². The smallest absolute Gasteiger partial charge is 0.321 e. The molecule has 0 heterocycles. The maximum absolute atomic E-state index is 10.5. The minimum absolute atomic E-state index is 0.475. The molecule has 76 valence electrons. The van der Waals surface area contributed by atoms with E-state index in [0.29, 0.717) is 6.54 Å². The normalized spacial score (nSPS) is 19.0. The summed E-state index contributed by atoms with van der Waals surface area (Å²) in [5, 5.41) is 8.62. The second-order valence-electron chi connectivity index (χ2n) is 3.74. The summed E-state index contributed by atoms with van der Waals surface area (Å²) in [6.45, 7) is 4.41. The van der Waals surface area contributed by atoms with Crippen molar-refractivity contribution < 1.29 is 9.90 Å². The van der Waals surface area contributed by atoms with Crippen LogP contribution >= 0.6 is 0 Å². The van der Waals surface area contributed by atoms with Gasteiger partial charge in [0.05, 0.1) is 0 Å². The minimum atomic E-state index is -0.908. The van der Waals surface area contributed by atoms with Crippen LogP contribution in [0, 0.1) is 5.92 Å². The molecule has 4 nitrogen and oxygen atoms in total. The number of carboxylic acid groups (broad SMARTS) is 1. The summed E-state index contributed by atoms with van der Waals surface area (Å²) >= 11 is 0. The lowest BCUT2D eigenvalue weighted by molar-refractivity contribution is -0.139. The Kier molecular flexibility index (Phi) is 3.69. The maximum Gasteiger partial charge on any atom is 0.321 e. The van der Waals surface area contributed by atoms with Crippen molar-refractivity contribution in [1.29, 1.82) is 0 Å². The van der Waals surface area contributed by atoms with E-state index in [9.17, 15) is 4.79 Å². The molecule has 0 aromatic heterocycles. The Morgan fingerprint density at radius 3 is 2.69 bits per heavy atom. The zero-order chi connectivity index (χ0) is 9.84. The first-order chi connectivity index (χ1) is 6.13. The number of rotatable bonds is 6. The van der Waals surface area contributed by atoms with Crippen LogP contribution < -0.4 is 5.73 Å². The van der Waals surface area contributed by atoms with Crippen molar-refractivity contribution >= 4 is 5.97 Å². The van der Waals surface area contributed by atoms with Gasteiger partial charge in [0.2, 0.25) is 0 Å². The highest BCUT2D eigenvalue weighted by Gasteiger charge is 2.25. The number of nitrogens with zero attached hydrogens (tertiary/aromatic N) is 1. The van der Waals surface area contributed by atoms with Gasteiger partial charge in [0.25, 0.3) is 0 Å². The maximum atomic E-state index is 10.5. The van der Waals surface area contributed by atoms with Crippen LogP contribution in [-0.4, -0.2) is 41.7 Å². The van der Waals surface area contributed by atoms with Crippen molar-refractivity contribution in [3.05, 3.63) is 0 Å². The fraction of sp³-hybridized carbons (Fsp3) is 0.889. The summed E-state index contributed by atoms with van der Waals surface area (Å²) < 4.78 is 0. The van der Waals surface area contributed by atoms with Crippen molar-refractivity contribution in [2.75, 3.05) is 19.6 Å². The van der Waals surface area contributed by atoms with E-state index in [2.05, 4.69) is 4.90 Å². The van der Waals surface area contributed by atoms with Gasteiger partial charge in [-0.05, 0) is 25.3 Å². The first-order valence-corrected chi connectivity index (χ1v) is 4.84. The number of nitrogens with two attached hydrogens (primary N) is 1. The second-order valence-corrected chi connectivity index (χ2v) is 3.74. The lowest BCUT2D eigenvalue weighted by atomic mass is 10.2. The van der Waals surface area contributed by atoms with Crippen LogP contribution in [-0.2, 0) is 4.79 Å². The Morgan fingerprint density at radius 2 is 2.31 bits per heavy atom. The predicted molar refractivity (Wildman–Crippen MR) is 50.4 cm³/mol. The van der Waals surface area contributed by atoms with Crippen molar-refractivity contribution in [3.63, 3.8) is 0 Å². The number of carboxylic acids is 1. The lowest BCUT2D eigenvalue weighted by Crippen LogP contribution is -2.43. The van der Waals surface area contributed by atoms with Gasteiger partial charge in [-0.2, -0.15) is 0 Å². The Morgan fingerprint density at radius 1 is 1.69 bits per heavy atom. The summed E-state index contributed by atoms with van der Waals surface area (Å²) in [6.07, 6.45) is 2.58. The molecule has 0 aliphatic heterocycles. The Bertz CT molecular complexity index is 180. The molecule has 0 bridgehead atoms. The zero-order valence-electron chi connectivity index (χ0n) is 8.07. The molecule has 1 saturated carbocycles. The molecule has 0 amide bonds. The number of hydrogen-bond donors (Lipinski definition) is 2. The monoisotopic (exact) mass is 186 g/mol. The topological polar surface area (TPSA) is 66.6 Å². The fourth-order valence-corrected chi connectivity index (χ4v) is 1.35. The highest BCUT2D eigenvalue weighted by molar-refractivity contribution is 5.73. The van der Waals surface area contributed by atoms with Crippen molar-refractivity contribution in [2.24, 2.45) is 11.7 Å². The summed E-state index contributed by atoms with van der Waals surface area (Å²) in [6, 6.07) is -0.737. The Balaban J connectivity index is 2.24. The molecule has 1 aliphatic carbocycles. The third kappa shape index (κ3) is 3.74. The number of carbonyl (C=O) groups is 1. The zero-order valence-corrected chi connectivity index (χ0v) is 8.07. The summed E-state index contributed by atoms with van der Waals surface area (Å²) in [5.41, 5.74) is 5.45. The summed E-state index contributed by atoms with van der Waals surface area (Å²) in [7, 11) is 0. The van der Waals surface area contributed by atoms with Crippen molar-refractivity contribution in [2.45, 2.75) is 25.8 Å². The molecule has 1 fully saturated rings. The van der Waals surface area contributed by atoms with E-state index in [1.807, 2.05) is 6.92 Å². The van der Waals surface area contributed by atoms with E-state index in [4.69, 9.17) is 10.8 Å². The van der Waals surface area contributed by atoms with Crippen LogP contribution in [0.2, 0.25) is 0 Å². The van der Waals surface area contributed by atoms with E-state index < -0.39 is 12.0 Å². The number of aliphatic carboxylic acids is 1. The molecular formula is C9H18N2O2. The molecule has 1 rings (SSSR count). The van der Waals surface area contributed by atoms with Crippen molar-refractivity contribution in [3.8, 4) is 0 Å². The summed E-state index contributed by atoms with van der Waals surface area (Å²) in [5.74, 6) is -0.116. The third-order valence-electron chi connectivity index (χ3n) is 2.43. The highest BCUT2D eigenvalue weighted by atomic mass is 16.4. The van der Waals surface area contributed by atoms with Gasteiger partial charge in [-0.1, -0.05) is 6.92 Å². The molecule has 0 aromatic carbocycles. The van der Waals surface area contributed by atoms with E-state index in [1.54, 1.807) is 0 Å². The Labute approximate surface area is 78.7 Å². The molecule has 0 aromatic rings. The predicted octanol–water partition coefficient (Wildman–Crippen LogP) is 0.130. The van der Waals surface area contributed by atoms with Crippen LogP contribution in [0.4, 0.5) is 0 Å². The van der Waals surface area contributed by atoms with Crippen molar-refractivity contribution in [1.82, 2.24) is 4.90 Å². The molecule has 1 atom stereocenters. The molecule has 0 radical (unpaired) electrons. The second kappa shape index (κ2) is 4.58. The lowest BCUT2D eigenvalue weighted by Gasteiger charge is -2.21. The van der Waals surface area contributed by atoms with Gasteiger partial charge in [-0.3, -0.25) is 4.79 Å². The van der Waals surface area contributed by atoms with Gasteiger partial charge in [-0.25, -0.2) is 0 Å². The highest BCUT2D eigenvalue weighted by Crippen LogP contribution is 2.29. The van der Waals surface area contributed by atoms with E-state index >= 15 is 0 Å². The summed E-state index contributed by atoms with van der Waals surface area (Å²) in [4.78, 5) is 12.6. The minimum Gasteiger partial charge on any atom is -0.480 e. The third-order valence-corrected chi connectivity index (χ3v) is 2.43. The van der Waals surface area contributed by atoms with Crippen LogP contribution in [0.15, 0.2) is 0 Å². The average molecular weight is 186 g/mol. The van der Waals surface area contributed by atoms with Crippen LogP contribution in [0.5, 0.6) is 0 Å². The quantitative estimate of drug-likeness (QED) is 0.619. The van der Waals surface area contributed by atoms with Gasteiger partial charge in [0.15, 0.2) is 0 Å². The molecule has 4 heteroatoms. The van der Waals surface area contributed by atoms with E-state index in [0.717, 1.165) is 19.0 Å². The van der Waals surface area contributed by atoms with Gasteiger partial charge >= 0.3 is 5.97 Å². The standard InChI is InChI=1S/C9H18N2O2/c1-2-11(5-7-3-4-7)6-8(10)9(12)13/h7-8H,2-6,10H2,1H3,(H,12,13). The van der Waals surface area contributed by atoms with Gasteiger partial charge in [0.1, 0.15) is 6.04 Å². The molecular weight excluding hydrogens is 168 g/mol. The van der Waals surface area contributed by atoms with Gasteiger partial charge in [-0.15, -0.1) is 0 Å². The molecule has 1 aliphatic rings. The number of hydrogen-bond acceptors (Lipinski definition) is 3. The fourth-order valence-electron chi connectivity index (χ4n) is 1.35. The Hall–Kier alpha value is -0.610. The van der Waals surface area contributed by atoms with E-state index in [-0.39, 0.29) is 0 Å². The molecule has 3 N–H and O–H groups in total. The first-order valence-electron chi connectivity index (χ1n) is 4.84. The molecule has 0 saturated heterocycles. The molecule has 1 unspecified atom stereocenters. The van der Waals surface area contributed by atoms with E-state index in [1.165, 1.54) is 12.8 Å².